The van der Waals surface area contributed by atoms with Gasteiger partial charge in [-0.25, -0.2) is 0 Å². The Bertz CT molecular complexity index is 767. The van der Waals surface area contributed by atoms with E-state index in [2.05, 4.69) is 10.2 Å². The summed E-state index contributed by atoms with van der Waals surface area (Å²) in [6, 6.07) is 7.94. The zero-order chi connectivity index (χ0) is 18.2. The summed E-state index contributed by atoms with van der Waals surface area (Å²) in [6.45, 7) is 3.80. The first-order valence-corrected chi connectivity index (χ1v) is 7.88. The van der Waals surface area contributed by atoms with Crippen molar-refractivity contribution in [2.45, 2.75) is 26.3 Å². The molecule has 0 atom stereocenters. The van der Waals surface area contributed by atoms with Gasteiger partial charge in [0.2, 0.25) is 0 Å². The Morgan fingerprint density at radius 1 is 1.04 bits per heavy atom. The van der Waals surface area contributed by atoms with Crippen LogP contribution in [0.25, 0.3) is 0 Å². The molecule has 0 fully saturated rings. The Labute approximate surface area is 144 Å². The van der Waals surface area contributed by atoms with Gasteiger partial charge in [-0.05, 0) is 32.0 Å². The number of ether oxygens (including phenoxy) is 2. The van der Waals surface area contributed by atoms with Crippen molar-refractivity contribution >= 4 is 11.9 Å². The summed E-state index contributed by atoms with van der Waals surface area (Å²) in [4.78, 5) is 35.8. The number of carbonyl (C=O) groups excluding carboxylic acids is 2. The molecule has 0 aliphatic rings. The molecule has 0 unspecified atom stereocenters. The minimum Gasteiger partial charge on any atom is -0.465 e. The number of rotatable bonds is 7. The van der Waals surface area contributed by atoms with Crippen molar-refractivity contribution in [1.82, 2.24) is 14.8 Å². The van der Waals surface area contributed by atoms with E-state index in [1.54, 1.807) is 38.2 Å². The van der Waals surface area contributed by atoms with Gasteiger partial charge in [-0.2, -0.15) is 10.2 Å². The van der Waals surface area contributed by atoms with Crippen LogP contribution in [-0.4, -0.2) is 39.9 Å². The molecule has 0 radical (unpaired) electrons. The summed E-state index contributed by atoms with van der Waals surface area (Å²) in [7, 11) is 0. The second kappa shape index (κ2) is 8.72. The van der Waals surface area contributed by atoms with Crippen molar-refractivity contribution in [2.24, 2.45) is 0 Å². The van der Waals surface area contributed by atoms with Gasteiger partial charge in [0.25, 0.3) is 5.56 Å². The number of pyridine rings is 1. The SMILES string of the molecule is CCOC(=O)C(C(=O)OCC)c1ccc(Cn2ccccc2=O)nn1. The van der Waals surface area contributed by atoms with Crippen LogP contribution >= 0.6 is 0 Å². The van der Waals surface area contributed by atoms with E-state index in [9.17, 15) is 14.4 Å². The lowest BCUT2D eigenvalue weighted by molar-refractivity contribution is -0.157. The lowest BCUT2D eigenvalue weighted by atomic mass is 10.1. The fraction of sp³-hybridized carbons (Fsp3) is 0.353. The highest BCUT2D eigenvalue weighted by molar-refractivity contribution is 6.00. The third kappa shape index (κ3) is 4.72. The molecule has 0 saturated carbocycles. The van der Waals surface area contributed by atoms with E-state index in [-0.39, 0.29) is 31.0 Å². The van der Waals surface area contributed by atoms with Gasteiger partial charge >= 0.3 is 11.9 Å². The summed E-state index contributed by atoms with van der Waals surface area (Å²) in [5, 5.41) is 7.94. The van der Waals surface area contributed by atoms with Crippen LogP contribution in [0, 0.1) is 0 Å². The Morgan fingerprint density at radius 3 is 2.24 bits per heavy atom. The van der Waals surface area contributed by atoms with Gasteiger partial charge in [0.05, 0.1) is 31.1 Å². The number of nitrogens with zero attached hydrogens (tertiary/aromatic N) is 3. The first-order chi connectivity index (χ1) is 12.1. The fourth-order valence-corrected chi connectivity index (χ4v) is 2.16. The fourth-order valence-electron chi connectivity index (χ4n) is 2.16. The highest BCUT2D eigenvalue weighted by Crippen LogP contribution is 2.17. The summed E-state index contributed by atoms with van der Waals surface area (Å²) >= 11 is 0. The lowest BCUT2D eigenvalue weighted by Gasteiger charge is -2.13. The lowest BCUT2D eigenvalue weighted by Crippen LogP contribution is -2.27. The number of esters is 2. The highest BCUT2D eigenvalue weighted by atomic mass is 16.6. The van der Waals surface area contributed by atoms with Crippen molar-refractivity contribution in [3.05, 3.63) is 58.3 Å². The Kier molecular flexibility index (Phi) is 6.39. The first-order valence-electron chi connectivity index (χ1n) is 7.88. The molecule has 2 aromatic heterocycles. The normalized spacial score (nSPS) is 10.5. The molecule has 0 bridgehead atoms. The maximum Gasteiger partial charge on any atom is 0.326 e. The third-order valence-corrected chi connectivity index (χ3v) is 3.31. The van der Waals surface area contributed by atoms with E-state index in [4.69, 9.17) is 9.47 Å². The van der Waals surface area contributed by atoms with Gasteiger partial charge in [-0.15, -0.1) is 0 Å². The van der Waals surface area contributed by atoms with Gasteiger partial charge in [0.1, 0.15) is 0 Å². The van der Waals surface area contributed by atoms with Crippen molar-refractivity contribution in [2.75, 3.05) is 13.2 Å². The topological polar surface area (TPSA) is 100 Å². The Morgan fingerprint density at radius 2 is 1.72 bits per heavy atom. The molecule has 25 heavy (non-hydrogen) atoms. The second-order valence-electron chi connectivity index (χ2n) is 5.05. The molecular weight excluding hydrogens is 326 g/mol. The van der Waals surface area contributed by atoms with Crippen LogP contribution in [0.2, 0.25) is 0 Å². The minimum absolute atomic E-state index is 0.136. The molecule has 2 aromatic rings. The van der Waals surface area contributed by atoms with Crippen LogP contribution in [0.1, 0.15) is 31.2 Å². The van der Waals surface area contributed by atoms with Crippen molar-refractivity contribution < 1.29 is 19.1 Å². The van der Waals surface area contributed by atoms with Gasteiger partial charge < -0.3 is 14.0 Å². The van der Waals surface area contributed by atoms with Crippen molar-refractivity contribution in [3.8, 4) is 0 Å². The molecule has 2 heterocycles. The Balaban J connectivity index is 2.22. The maximum atomic E-state index is 12.0. The molecule has 0 amide bonds. The number of hydrogen-bond acceptors (Lipinski definition) is 7. The Hall–Kier alpha value is -3.03. The molecular formula is C17H19N3O5. The summed E-state index contributed by atoms with van der Waals surface area (Å²) < 4.78 is 11.3. The van der Waals surface area contributed by atoms with E-state index in [0.29, 0.717) is 5.69 Å². The largest absolute Gasteiger partial charge is 0.465 e. The van der Waals surface area contributed by atoms with Crippen LogP contribution in [0.15, 0.2) is 41.3 Å². The number of carbonyl (C=O) groups is 2. The molecule has 0 N–H and O–H groups in total. The van der Waals surface area contributed by atoms with E-state index >= 15 is 0 Å². The molecule has 8 nitrogen and oxygen atoms in total. The van der Waals surface area contributed by atoms with Crippen LogP contribution in [0.5, 0.6) is 0 Å². The summed E-state index contributed by atoms with van der Waals surface area (Å²) in [5.74, 6) is -2.74. The number of aromatic nitrogens is 3. The molecule has 0 aliphatic carbocycles. The molecule has 0 aliphatic heterocycles. The van der Waals surface area contributed by atoms with Gasteiger partial charge in [-0.3, -0.25) is 14.4 Å². The van der Waals surface area contributed by atoms with Gasteiger partial charge in [-0.1, -0.05) is 6.07 Å². The average molecular weight is 345 g/mol. The number of hydrogen-bond donors (Lipinski definition) is 0. The van der Waals surface area contributed by atoms with Crippen LogP contribution in [0.4, 0.5) is 0 Å². The molecule has 0 aromatic carbocycles. The predicted molar refractivity (Wildman–Crippen MR) is 87.8 cm³/mol. The highest BCUT2D eigenvalue weighted by Gasteiger charge is 2.33. The van der Waals surface area contributed by atoms with Crippen molar-refractivity contribution in [3.63, 3.8) is 0 Å². The van der Waals surface area contributed by atoms with Crippen LogP contribution in [-0.2, 0) is 25.6 Å². The van der Waals surface area contributed by atoms with Gasteiger partial charge in [0, 0.05) is 12.3 Å². The van der Waals surface area contributed by atoms with E-state index in [1.807, 2.05) is 0 Å². The van der Waals surface area contributed by atoms with E-state index in [1.165, 1.54) is 16.7 Å². The van der Waals surface area contributed by atoms with E-state index < -0.39 is 17.9 Å². The average Bonchev–Trinajstić information content (AvgIpc) is 2.59. The predicted octanol–water partition coefficient (Wildman–Crippen LogP) is 0.896. The summed E-state index contributed by atoms with van der Waals surface area (Å²) in [5.41, 5.74) is 0.494. The quantitative estimate of drug-likeness (QED) is 0.543. The van der Waals surface area contributed by atoms with Crippen LogP contribution in [0.3, 0.4) is 0 Å². The van der Waals surface area contributed by atoms with Crippen LogP contribution < -0.4 is 5.56 Å². The van der Waals surface area contributed by atoms with Gasteiger partial charge in [0.15, 0.2) is 5.92 Å². The van der Waals surface area contributed by atoms with Crippen molar-refractivity contribution in [1.29, 1.82) is 0 Å². The first kappa shape index (κ1) is 18.3. The van der Waals surface area contributed by atoms with E-state index in [0.717, 1.165) is 0 Å². The molecule has 8 heteroatoms. The zero-order valence-corrected chi connectivity index (χ0v) is 14.0. The molecule has 2 rings (SSSR count). The smallest absolute Gasteiger partial charge is 0.326 e. The molecule has 0 spiro atoms. The monoisotopic (exact) mass is 345 g/mol. The standard InChI is InChI=1S/C17H19N3O5/c1-3-24-16(22)15(17(23)25-4-2)13-9-8-12(18-19-13)11-20-10-6-5-7-14(20)21/h5-10,15H,3-4,11H2,1-2H3. The maximum absolute atomic E-state index is 12.0. The minimum atomic E-state index is -1.28. The summed E-state index contributed by atoms with van der Waals surface area (Å²) in [6.07, 6.45) is 1.64. The zero-order valence-electron chi connectivity index (χ0n) is 14.0. The third-order valence-electron chi connectivity index (χ3n) is 3.31. The molecule has 0 saturated heterocycles. The molecule has 132 valence electrons. The second-order valence-corrected chi connectivity index (χ2v) is 5.05.